The van der Waals surface area contributed by atoms with Crippen LogP contribution in [0.15, 0.2) is 49.1 Å². The van der Waals surface area contributed by atoms with Crippen LogP contribution in [-0.4, -0.2) is 50.8 Å². The van der Waals surface area contributed by atoms with Crippen molar-refractivity contribution in [3.8, 4) is 17.3 Å². The van der Waals surface area contributed by atoms with Crippen molar-refractivity contribution in [1.82, 2.24) is 24.3 Å². The summed E-state index contributed by atoms with van der Waals surface area (Å²) in [5.41, 5.74) is 2.51. The third-order valence-electron chi connectivity index (χ3n) is 8.34. The SMILES string of the molecule is C[Si](C)(C)CCOCn1ccc2c(-c3cn(C(CC#N)C4CCCC4)nc3N3C(=O)c4ccccc4C3=O)ncnc21. The van der Waals surface area contributed by atoms with Crippen LogP contribution in [0.3, 0.4) is 0 Å². The first-order chi connectivity index (χ1) is 20.3. The molecular formula is C31H35N7O3Si. The molecular weight excluding hydrogens is 546 g/mol. The largest absolute Gasteiger partial charge is 0.361 e. The molecule has 42 heavy (non-hydrogen) atoms. The lowest BCUT2D eigenvalue weighted by atomic mass is 9.96. The Kier molecular flexibility index (Phi) is 7.51. The number of carbonyl (C=O) groups is 2. The molecule has 4 heterocycles. The molecule has 1 saturated carbocycles. The molecule has 1 aliphatic heterocycles. The third-order valence-corrected chi connectivity index (χ3v) is 10.0. The fourth-order valence-corrected chi connectivity index (χ4v) is 6.80. The maximum Gasteiger partial charge on any atom is 0.267 e. The summed E-state index contributed by atoms with van der Waals surface area (Å²) in [5, 5.41) is 15.3. The summed E-state index contributed by atoms with van der Waals surface area (Å²) < 4.78 is 9.72. The number of nitriles is 1. The molecule has 2 amide bonds. The molecule has 11 heteroatoms. The number of ether oxygens (including phenoxy) is 1. The number of fused-ring (bicyclic) bond motifs is 2. The normalized spacial score (nSPS) is 16.4. The first-order valence-corrected chi connectivity index (χ1v) is 18.3. The van der Waals surface area contributed by atoms with Crippen LogP contribution >= 0.6 is 0 Å². The maximum absolute atomic E-state index is 13.6. The number of imide groups is 1. The van der Waals surface area contributed by atoms with Gasteiger partial charge in [0.2, 0.25) is 0 Å². The zero-order valence-electron chi connectivity index (χ0n) is 24.3. The van der Waals surface area contributed by atoms with Crippen LogP contribution in [0.4, 0.5) is 5.82 Å². The van der Waals surface area contributed by atoms with Gasteiger partial charge in [0.05, 0.1) is 40.9 Å². The topological polar surface area (TPSA) is 119 Å². The smallest absolute Gasteiger partial charge is 0.267 e. The Bertz CT molecular complexity index is 1660. The van der Waals surface area contributed by atoms with Crippen LogP contribution in [0.2, 0.25) is 25.7 Å². The second kappa shape index (κ2) is 11.3. The first-order valence-electron chi connectivity index (χ1n) is 14.6. The van der Waals surface area contributed by atoms with Crippen molar-refractivity contribution in [2.24, 2.45) is 5.92 Å². The number of hydrogen-bond donors (Lipinski definition) is 0. The molecule has 4 aromatic rings. The molecule has 0 saturated heterocycles. The van der Waals surface area contributed by atoms with Gasteiger partial charge in [-0.3, -0.25) is 14.3 Å². The lowest BCUT2D eigenvalue weighted by Gasteiger charge is -2.21. The maximum atomic E-state index is 13.6. The lowest BCUT2D eigenvalue weighted by molar-refractivity contribution is 0.0898. The Hall–Kier alpha value is -4.14. The van der Waals surface area contributed by atoms with Crippen LogP contribution in [0.25, 0.3) is 22.3 Å². The van der Waals surface area contributed by atoms with Gasteiger partial charge in [-0.2, -0.15) is 10.4 Å². The van der Waals surface area contributed by atoms with E-state index in [-0.39, 0.29) is 18.3 Å². The van der Waals surface area contributed by atoms with Crippen LogP contribution in [0, 0.1) is 17.2 Å². The highest BCUT2D eigenvalue weighted by atomic mass is 28.3. The monoisotopic (exact) mass is 581 g/mol. The van der Waals surface area contributed by atoms with Crippen LogP contribution in [0.5, 0.6) is 0 Å². The number of amides is 2. The number of anilines is 1. The zero-order chi connectivity index (χ0) is 29.4. The molecule has 0 bridgehead atoms. The summed E-state index contributed by atoms with van der Waals surface area (Å²) in [4.78, 5) is 37.5. The van der Waals surface area contributed by atoms with Gasteiger partial charge < -0.3 is 9.30 Å². The average molecular weight is 582 g/mol. The van der Waals surface area contributed by atoms with E-state index in [0.29, 0.717) is 47.3 Å². The highest BCUT2D eigenvalue weighted by Crippen LogP contribution is 2.41. The van der Waals surface area contributed by atoms with Crippen molar-refractivity contribution in [2.45, 2.75) is 70.6 Å². The first kappa shape index (κ1) is 28.0. The van der Waals surface area contributed by atoms with Crippen molar-refractivity contribution in [2.75, 3.05) is 11.5 Å². The summed E-state index contributed by atoms with van der Waals surface area (Å²) in [7, 11) is -1.21. The minimum atomic E-state index is -1.21. The summed E-state index contributed by atoms with van der Waals surface area (Å²) in [5.74, 6) is -0.314. The predicted octanol–water partition coefficient (Wildman–Crippen LogP) is 6.05. The summed E-state index contributed by atoms with van der Waals surface area (Å²) in [6.07, 6.45) is 9.81. The number of benzene rings is 1. The summed E-state index contributed by atoms with van der Waals surface area (Å²) in [6, 6.07) is 12.0. The minimum absolute atomic E-state index is 0.165. The highest BCUT2D eigenvalue weighted by Gasteiger charge is 2.40. The molecule has 6 rings (SSSR count). The quantitative estimate of drug-likeness (QED) is 0.127. The average Bonchev–Trinajstić information content (AvgIpc) is 3.77. The van der Waals surface area contributed by atoms with Gasteiger partial charge in [-0.1, -0.05) is 44.6 Å². The van der Waals surface area contributed by atoms with Crippen LogP contribution in [0.1, 0.15) is 58.9 Å². The number of carbonyl (C=O) groups excluding carboxylic acids is 2. The van der Waals surface area contributed by atoms with Crippen molar-refractivity contribution in [3.63, 3.8) is 0 Å². The molecule has 0 radical (unpaired) electrons. The van der Waals surface area contributed by atoms with E-state index in [1.807, 2.05) is 23.0 Å². The summed E-state index contributed by atoms with van der Waals surface area (Å²) in [6.45, 7) is 8.01. The highest BCUT2D eigenvalue weighted by molar-refractivity contribution is 6.76. The van der Waals surface area contributed by atoms with Crippen LogP contribution in [-0.2, 0) is 11.5 Å². The molecule has 1 fully saturated rings. The van der Waals surface area contributed by atoms with E-state index < -0.39 is 19.9 Å². The molecule has 3 aromatic heterocycles. The van der Waals surface area contributed by atoms with Gasteiger partial charge in [0.1, 0.15) is 18.7 Å². The van der Waals surface area contributed by atoms with Gasteiger partial charge >= 0.3 is 0 Å². The molecule has 0 spiro atoms. The number of hydrogen-bond acceptors (Lipinski definition) is 7. The number of rotatable bonds is 10. The molecule has 0 N–H and O–H groups in total. The molecule has 216 valence electrons. The Balaban J connectivity index is 1.43. The third kappa shape index (κ3) is 5.16. The molecule has 1 aliphatic carbocycles. The van der Waals surface area contributed by atoms with E-state index in [0.717, 1.165) is 42.0 Å². The van der Waals surface area contributed by atoms with E-state index in [4.69, 9.17) is 9.84 Å². The second-order valence-corrected chi connectivity index (χ2v) is 18.0. The van der Waals surface area contributed by atoms with E-state index in [1.54, 1.807) is 28.9 Å². The Morgan fingerprint density at radius 2 is 1.76 bits per heavy atom. The van der Waals surface area contributed by atoms with Gasteiger partial charge in [0.25, 0.3) is 11.8 Å². The van der Waals surface area contributed by atoms with Gasteiger partial charge in [0, 0.05) is 32.5 Å². The van der Waals surface area contributed by atoms with E-state index in [2.05, 4.69) is 35.7 Å². The van der Waals surface area contributed by atoms with E-state index >= 15 is 0 Å². The molecule has 1 unspecified atom stereocenters. The predicted molar refractivity (Wildman–Crippen MR) is 162 cm³/mol. The number of aromatic nitrogens is 5. The van der Waals surface area contributed by atoms with E-state index in [9.17, 15) is 14.9 Å². The van der Waals surface area contributed by atoms with E-state index in [1.165, 1.54) is 6.33 Å². The Labute approximate surface area is 245 Å². The fourth-order valence-electron chi connectivity index (χ4n) is 6.04. The Morgan fingerprint density at radius 3 is 2.43 bits per heavy atom. The fraction of sp³-hybridized carbons (Fsp3) is 0.419. The van der Waals surface area contributed by atoms with Crippen LogP contribution < -0.4 is 4.90 Å². The van der Waals surface area contributed by atoms with Gasteiger partial charge in [-0.05, 0) is 43.0 Å². The molecule has 1 aromatic carbocycles. The van der Waals surface area contributed by atoms with Gasteiger partial charge in [-0.25, -0.2) is 14.9 Å². The second-order valence-electron chi connectivity index (χ2n) is 12.4. The van der Waals surface area contributed by atoms with Gasteiger partial charge in [-0.15, -0.1) is 0 Å². The number of nitrogens with zero attached hydrogens (tertiary/aromatic N) is 7. The van der Waals surface area contributed by atoms with Crippen molar-refractivity contribution in [3.05, 3.63) is 60.2 Å². The molecule has 10 nitrogen and oxygen atoms in total. The zero-order valence-corrected chi connectivity index (χ0v) is 25.3. The lowest BCUT2D eigenvalue weighted by Crippen LogP contribution is -2.30. The standard InChI is InChI=1S/C31H35N7O3Si/c1-42(2,3)17-16-41-20-36-15-13-24-27(33-19-34-28(24)36)25-18-37(26(12-14-32)21-8-4-5-9-21)35-29(25)38-30(39)22-10-6-7-11-23(22)31(38)40/h6-7,10-11,13,15,18-19,21,26H,4-5,8-9,12,16-17,20H2,1-3H3. The minimum Gasteiger partial charge on any atom is -0.361 e. The molecule has 2 aliphatic rings. The Morgan fingerprint density at radius 1 is 1.05 bits per heavy atom. The summed E-state index contributed by atoms with van der Waals surface area (Å²) >= 11 is 0. The van der Waals surface area contributed by atoms with Gasteiger partial charge in [0.15, 0.2) is 5.82 Å². The molecule has 1 atom stereocenters. The van der Waals surface area contributed by atoms with Crippen molar-refractivity contribution in [1.29, 1.82) is 5.26 Å². The van der Waals surface area contributed by atoms with Crippen molar-refractivity contribution < 1.29 is 14.3 Å². The van der Waals surface area contributed by atoms with Crippen molar-refractivity contribution >= 4 is 36.7 Å².